The molecule has 1 aromatic heterocycles. The molecule has 0 bridgehead atoms. The number of nitrogens with zero attached hydrogens (tertiary/aromatic N) is 3. The minimum absolute atomic E-state index is 0.118. The first-order valence-corrected chi connectivity index (χ1v) is 35.3. The van der Waals surface area contributed by atoms with Gasteiger partial charge in [0.15, 0.2) is 16.1 Å². The fraction of sp³-hybridized carbons (Fsp3) is 0. The molecule has 2 aliphatic rings. The Morgan fingerprint density at radius 1 is 0.244 bits per heavy atom. The van der Waals surface area contributed by atoms with E-state index in [4.69, 9.17) is 0 Å². The van der Waals surface area contributed by atoms with Gasteiger partial charge in [0.05, 0.1) is 16.7 Å². The molecule has 14 aromatic carbocycles. The quantitative estimate of drug-likeness (QED) is 0.0892. The first-order valence-electron chi connectivity index (χ1n) is 31.3. The molecular formula is C84H60BN3Si2. The number of aromatic nitrogens is 1. The van der Waals surface area contributed by atoms with Crippen LogP contribution in [0.5, 0.6) is 0 Å². The van der Waals surface area contributed by atoms with Gasteiger partial charge in [0.2, 0.25) is 0 Å². The molecule has 0 aliphatic carbocycles. The second-order valence-corrected chi connectivity index (χ2v) is 31.5. The molecule has 0 saturated heterocycles. The van der Waals surface area contributed by atoms with Gasteiger partial charge in [-0.1, -0.05) is 309 Å². The van der Waals surface area contributed by atoms with Crippen LogP contribution in [0.2, 0.25) is 0 Å². The van der Waals surface area contributed by atoms with Gasteiger partial charge >= 0.3 is 0 Å². The van der Waals surface area contributed by atoms with Gasteiger partial charge in [-0.25, -0.2) is 0 Å². The number of hydrogen-bond acceptors (Lipinski definition) is 2. The van der Waals surface area contributed by atoms with E-state index in [1.807, 2.05) is 0 Å². The number of anilines is 6. The van der Waals surface area contributed by atoms with Crippen molar-refractivity contribution in [3.05, 3.63) is 364 Å². The van der Waals surface area contributed by atoms with E-state index in [2.05, 4.69) is 378 Å². The zero-order chi connectivity index (χ0) is 59.6. The molecule has 422 valence electrons. The number of benzene rings is 14. The molecule has 3 heterocycles. The van der Waals surface area contributed by atoms with Crippen LogP contribution in [-0.2, 0) is 0 Å². The highest BCUT2D eigenvalue weighted by Crippen LogP contribution is 2.48. The molecule has 0 amide bonds. The fourth-order valence-corrected chi connectivity index (χ4v) is 25.1. The molecule has 17 rings (SSSR count). The molecule has 0 radical (unpaired) electrons. The highest BCUT2D eigenvalue weighted by Gasteiger charge is 2.47. The zero-order valence-corrected chi connectivity index (χ0v) is 51.6. The summed E-state index contributed by atoms with van der Waals surface area (Å²) in [4.78, 5) is 5.24. The van der Waals surface area contributed by atoms with E-state index in [0.717, 1.165) is 39.5 Å². The van der Waals surface area contributed by atoms with Crippen LogP contribution in [0.25, 0.3) is 38.6 Å². The van der Waals surface area contributed by atoms with Crippen LogP contribution in [0, 0.1) is 0 Å². The molecule has 6 heteroatoms. The minimum atomic E-state index is -3.01. The first-order chi connectivity index (χ1) is 44.7. The summed E-state index contributed by atoms with van der Waals surface area (Å²) in [6.07, 6.45) is 0. The maximum atomic E-state index is 2.66. The predicted octanol–water partition coefficient (Wildman–Crippen LogP) is 13.3. The molecule has 0 N–H and O–H groups in total. The van der Waals surface area contributed by atoms with Gasteiger partial charge in [-0.05, 0) is 118 Å². The average Bonchev–Trinajstić information content (AvgIpc) is 0.821. The van der Waals surface area contributed by atoms with Gasteiger partial charge in [-0.15, -0.1) is 0 Å². The van der Waals surface area contributed by atoms with Crippen molar-refractivity contribution >= 4 is 137 Å². The zero-order valence-electron chi connectivity index (χ0n) is 49.6. The monoisotopic (exact) mass is 1180 g/mol. The van der Waals surface area contributed by atoms with Crippen LogP contribution in [0.3, 0.4) is 0 Å². The summed E-state index contributed by atoms with van der Waals surface area (Å²) in [6, 6.07) is 137. The van der Waals surface area contributed by atoms with E-state index < -0.39 is 16.1 Å². The second-order valence-electron chi connectivity index (χ2n) is 23.8. The maximum absolute atomic E-state index is 3.01. The van der Waals surface area contributed by atoms with Crippen LogP contribution in [0.15, 0.2) is 364 Å². The van der Waals surface area contributed by atoms with Crippen molar-refractivity contribution in [3.63, 3.8) is 0 Å². The lowest BCUT2D eigenvalue weighted by Crippen LogP contribution is -2.74. The fourth-order valence-electron chi connectivity index (χ4n) is 15.6. The Hall–Kier alpha value is -11.0. The van der Waals surface area contributed by atoms with Crippen LogP contribution >= 0.6 is 0 Å². The van der Waals surface area contributed by atoms with Crippen LogP contribution < -0.4 is 67.7 Å². The van der Waals surface area contributed by atoms with Crippen molar-refractivity contribution in [2.45, 2.75) is 0 Å². The summed E-state index contributed by atoms with van der Waals surface area (Å²) in [5.41, 5.74) is 16.4. The van der Waals surface area contributed by atoms with Crippen LogP contribution in [0.4, 0.5) is 34.1 Å². The van der Waals surface area contributed by atoms with Gasteiger partial charge in [0.25, 0.3) is 6.71 Å². The van der Waals surface area contributed by atoms with Gasteiger partial charge in [0.1, 0.15) is 0 Å². The summed E-state index contributed by atoms with van der Waals surface area (Å²) in [5, 5.41) is 13.1. The summed E-state index contributed by atoms with van der Waals surface area (Å²) in [5.74, 6) is 0. The molecule has 0 fully saturated rings. The van der Waals surface area contributed by atoms with Crippen molar-refractivity contribution in [2.24, 2.45) is 0 Å². The largest absolute Gasteiger partial charge is 0.311 e. The topological polar surface area (TPSA) is 11.4 Å². The maximum Gasteiger partial charge on any atom is 0.252 e. The highest BCUT2D eigenvalue weighted by molar-refractivity contribution is 7.20. The average molecular weight is 1180 g/mol. The van der Waals surface area contributed by atoms with E-state index in [9.17, 15) is 0 Å². The lowest BCUT2D eigenvalue weighted by molar-refractivity contribution is 1.16. The van der Waals surface area contributed by atoms with E-state index in [1.54, 1.807) is 0 Å². The van der Waals surface area contributed by atoms with E-state index in [1.165, 1.54) is 91.2 Å². The third-order valence-corrected chi connectivity index (χ3v) is 28.8. The van der Waals surface area contributed by atoms with Crippen LogP contribution in [0.1, 0.15) is 0 Å². The van der Waals surface area contributed by atoms with Gasteiger partial charge in [-0.2, -0.15) is 0 Å². The first kappa shape index (κ1) is 53.2. The minimum Gasteiger partial charge on any atom is -0.311 e. The molecule has 0 saturated carbocycles. The number of fused-ring (bicyclic) bond motifs is 7. The lowest BCUT2D eigenvalue weighted by atomic mass is 9.33. The Bertz CT molecular complexity index is 4880. The van der Waals surface area contributed by atoms with Crippen molar-refractivity contribution in [1.29, 1.82) is 0 Å². The van der Waals surface area contributed by atoms with Crippen molar-refractivity contribution in [1.82, 2.24) is 4.57 Å². The Balaban J connectivity index is 0.972. The van der Waals surface area contributed by atoms with Crippen molar-refractivity contribution in [2.75, 3.05) is 9.80 Å². The molecule has 0 unspecified atom stereocenters. The predicted molar refractivity (Wildman–Crippen MR) is 387 cm³/mol. The molecule has 3 nitrogen and oxygen atoms in total. The van der Waals surface area contributed by atoms with Gasteiger partial charge in [0, 0.05) is 50.5 Å². The third kappa shape index (κ3) is 8.26. The Labute approximate surface area is 528 Å². The highest BCUT2D eigenvalue weighted by atomic mass is 28.3. The SMILES string of the molecule is c1ccc(-c2cccc3c2N(c2cccc([Si](c4ccccc4)(c4ccccc4)c4ccccc4)c2)c2cc(-n4c5ccccc5c5ccccc54)cc4c2B3c2ccccc2N4c2ccc([Si](c3ccccc3)(c3ccccc3)c3ccccc3)cc2)cc1. The third-order valence-electron chi connectivity index (χ3n) is 19.2. The molecule has 90 heavy (non-hydrogen) atoms. The van der Waals surface area contributed by atoms with Gasteiger partial charge in [-0.3, -0.25) is 0 Å². The molecule has 2 aliphatic heterocycles. The van der Waals surface area contributed by atoms with E-state index in [0.29, 0.717) is 0 Å². The van der Waals surface area contributed by atoms with Crippen molar-refractivity contribution in [3.8, 4) is 16.8 Å². The normalized spacial score (nSPS) is 12.6. The Morgan fingerprint density at radius 2 is 0.633 bits per heavy atom. The molecule has 0 spiro atoms. The van der Waals surface area contributed by atoms with E-state index >= 15 is 0 Å². The Kier molecular flexibility index (Phi) is 13.0. The Morgan fingerprint density at radius 3 is 1.14 bits per heavy atom. The number of hydrogen-bond donors (Lipinski definition) is 0. The molecule has 0 atom stereocenters. The molecule has 15 aromatic rings. The standard InChI is InChI=1S/C84H60BN3Si2/c1-8-30-61(31-9-1)73-48-29-50-77-84(73)88(63-32-28-45-72(58-63)90(68-39-16-5-17-40-68,69-41-18-6-19-42-69)70-43-20-7-21-44-70)82-60-64(87-78-51-25-22-46-74(78)75-47-23-26-52-79(75)87)59-81-83(82)85(77)76-49-24-27-53-80(76)86(81)62-54-56-71(57-55-62)89(65-33-10-2-11-34-65,66-35-12-3-13-36-66)67-37-14-4-15-38-67/h1-60H. The van der Waals surface area contributed by atoms with E-state index in [-0.39, 0.29) is 6.71 Å². The summed E-state index contributed by atoms with van der Waals surface area (Å²) in [7, 11) is -5.87. The summed E-state index contributed by atoms with van der Waals surface area (Å²) >= 11 is 0. The van der Waals surface area contributed by atoms with Crippen molar-refractivity contribution < 1.29 is 0 Å². The lowest BCUT2D eigenvalue weighted by Gasteiger charge is -2.45. The number of para-hydroxylation sites is 4. The second kappa shape index (κ2) is 22.0. The summed E-state index contributed by atoms with van der Waals surface area (Å²) in [6.45, 7) is -0.118. The number of rotatable bonds is 12. The van der Waals surface area contributed by atoms with Gasteiger partial charge < -0.3 is 14.4 Å². The summed E-state index contributed by atoms with van der Waals surface area (Å²) < 4.78 is 2.52. The van der Waals surface area contributed by atoms with Crippen LogP contribution in [-0.4, -0.2) is 27.4 Å². The molecular weight excluding hydrogens is 1120 g/mol. The smallest absolute Gasteiger partial charge is 0.252 e.